The van der Waals surface area contributed by atoms with E-state index in [4.69, 9.17) is 12.2 Å². The van der Waals surface area contributed by atoms with Crippen molar-refractivity contribution in [2.75, 3.05) is 7.05 Å². The zero-order valence-electron chi connectivity index (χ0n) is 14.2. The summed E-state index contributed by atoms with van der Waals surface area (Å²) in [5, 5.41) is 5.45. The monoisotopic (exact) mass is 366 g/mol. The molecule has 26 heavy (non-hydrogen) atoms. The van der Waals surface area contributed by atoms with Crippen LogP contribution in [-0.2, 0) is 6.54 Å². The zero-order chi connectivity index (χ0) is 18.5. The maximum atomic E-state index is 12.6. The van der Waals surface area contributed by atoms with Crippen molar-refractivity contribution in [1.82, 2.24) is 20.2 Å². The van der Waals surface area contributed by atoms with Gasteiger partial charge >= 0.3 is 0 Å². The topological polar surface area (TPSA) is 78.9 Å². The first-order valence-corrected chi connectivity index (χ1v) is 8.46. The van der Waals surface area contributed by atoms with Gasteiger partial charge in [0.2, 0.25) is 0 Å². The first-order valence-electron chi connectivity index (χ1n) is 8.05. The van der Waals surface area contributed by atoms with Gasteiger partial charge in [0, 0.05) is 31.0 Å². The molecule has 0 bridgehead atoms. The number of nitrogens with one attached hydrogen (secondary N) is 3. The van der Waals surface area contributed by atoms with Crippen LogP contribution in [0.1, 0.15) is 26.4 Å². The predicted molar refractivity (Wildman–Crippen MR) is 102 cm³/mol. The first-order chi connectivity index (χ1) is 12.6. The molecule has 2 aromatic carbocycles. The Balaban J connectivity index is 1.74. The number of aromatic amines is 1. The third-order valence-electron chi connectivity index (χ3n) is 3.92. The molecule has 0 saturated heterocycles. The molecule has 3 aromatic rings. The van der Waals surface area contributed by atoms with Gasteiger partial charge in [-0.15, -0.1) is 0 Å². The SMILES string of the molecule is CNC(=O)c1ccc(CNC(=O)c2c[nH]c(=S)n2-c2ccccc2)cc1. The second-order valence-electron chi connectivity index (χ2n) is 5.61. The van der Waals surface area contributed by atoms with E-state index in [-0.39, 0.29) is 11.8 Å². The molecule has 0 spiro atoms. The minimum absolute atomic E-state index is 0.144. The van der Waals surface area contributed by atoms with E-state index in [1.165, 1.54) is 0 Å². The van der Waals surface area contributed by atoms with Crippen LogP contribution in [0.4, 0.5) is 0 Å². The van der Waals surface area contributed by atoms with E-state index in [1.807, 2.05) is 42.5 Å². The average molecular weight is 366 g/mol. The summed E-state index contributed by atoms with van der Waals surface area (Å²) in [6.45, 7) is 0.347. The number of carbonyl (C=O) groups excluding carboxylic acids is 2. The molecule has 1 aromatic heterocycles. The Morgan fingerprint density at radius 1 is 1.04 bits per heavy atom. The van der Waals surface area contributed by atoms with Crippen molar-refractivity contribution in [2.45, 2.75) is 6.54 Å². The van der Waals surface area contributed by atoms with Crippen molar-refractivity contribution in [2.24, 2.45) is 0 Å². The second kappa shape index (κ2) is 7.79. The molecule has 1 heterocycles. The molecule has 7 heteroatoms. The largest absolute Gasteiger partial charge is 0.355 e. The number of amides is 2. The summed E-state index contributed by atoms with van der Waals surface area (Å²) in [7, 11) is 1.59. The van der Waals surface area contributed by atoms with E-state index in [0.29, 0.717) is 22.6 Å². The van der Waals surface area contributed by atoms with Gasteiger partial charge in [-0.05, 0) is 42.0 Å². The maximum Gasteiger partial charge on any atom is 0.270 e. The Kier molecular flexibility index (Phi) is 5.28. The van der Waals surface area contributed by atoms with Crippen LogP contribution < -0.4 is 10.6 Å². The fraction of sp³-hybridized carbons (Fsp3) is 0.105. The molecular formula is C19H18N4O2S. The fourth-order valence-electron chi connectivity index (χ4n) is 2.56. The maximum absolute atomic E-state index is 12.6. The molecule has 0 fully saturated rings. The van der Waals surface area contributed by atoms with Crippen LogP contribution in [-0.4, -0.2) is 28.4 Å². The number of hydrogen-bond acceptors (Lipinski definition) is 3. The van der Waals surface area contributed by atoms with Gasteiger partial charge in [-0.3, -0.25) is 14.2 Å². The highest BCUT2D eigenvalue weighted by Crippen LogP contribution is 2.13. The number of carbonyl (C=O) groups is 2. The molecule has 0 aliphatic rings. The van der Waals surface area contributed by atoms with Gasteiger partial charge in [-0.2, -0.15) is 0 Å². The molecule has 132 valence electrons. The number of para-hydroxylation sites is 1. The lowest BCUT2D eigenvalue weighted by Gasteiger charge is -2.09. The number of nitrogens with zero attached hydrogens (tertiary/aromatic N) is 1. The molecule has 0 atom stereocenters. The molecule has 0 unspecified atom stereocenters. The third kappa shape index (κ3) is 3.73. The van der Waals surface area contributed by atoms with Gasteiger partial charge in [0.15, 0.2) is 4.77 Å². The van der Waals surface area contributed by atoms with E-state index < -0.39 is 0 Å². The van der Waals surface area contributed by atoms with Crippen molar-refractivity contribution in [3.8, 4) is 5.69 Å². The summed E-state index contributed by atoms with van der Waals surface area (Å²) in [5.41, 5.74) is 2.72. The van der Waals surface area contributed by atoms with Crippen LogP contribution in [0.3, 0.4) is 0 Å². The van der Waals surface area contributed by atoms with Crippen LogP contribution >= 0.6 is 12.2 Å². The van der Waals surface area contributed by atoms with E-state index in [9.17, 15) is 9.59 Å². The lowest BCUT2D eigenvalue weighted by atomic mass is 10.1. The molecule has 0 saturated carbocycles. The summed E-state index contributed by atoms with van der Waals surface area (Å²) in [5.74, 6) is -0.383. The Morgan fingerprint density at radius 3 is 2.38 bits per heavy atom. The van der Waals surface area contributed by atoms with E-state index in [2.05, 4.69) is 15.6 Å². The summed E-state index contributed by atoms with van der Waals surface area (Å²) in [6, 6.07) is 16.5. The van der Waals surface area contributed by atoms with Crippen molar-refractivity contribution < 1.29 is 9.59 Å². The van der Waals surface area contributed by atoms with Gasteiger partial charge in [0.1, 0.15) is 5.69 Å². The Labute approximate surface area is 155 Å². The van der Waals surface area contributed by atoms with E-state index in [1.54, 1.807) is 29.9 Å². The Morgan fingerprint density at radius 2 is 1.73 bits per heavy atom. The number of hydrogen-bond donors (Lipinski definition) is 3. The summed E-state index contributed by atoms with van der Waals surface area (Å²) in [6.07, 6.45) is 1.60. The van der Waals surface area contributed by atoms with Crippen LogP contribution in [0, 0.1) is 4.77 Å². The van der Waals surface area contributed by atoms with E-state index >= 15 is 0 Å². The van der Waals surface area contributed by atoms with Crippen LogP contribution in [0.25, 0.3) is 5.69 Å². The molecule has 0 aliphatic carbocycles. The number of imidazole rings is 1. The van der Waals surface area contributed by atoms with Crippen molar-refractivity contribution in [3.05, 3.63) is 82.4 Å². The summed E-state index contributed by atoms with van der Waals surface area (Å²) >= 11 is 5.29. The number of rotatable bonds is 5. The molecule has 0 radical (unpaired) electrons. The van der Waals surface area contributed by atoms with Crippen molar-refractivity contribution >= 4 is 24.0 Å². The molecule has 0 aliphatic heterocycles. The minimum Gasteiger partial charge on any atom is -0.355 e. The standard InChI is InChI=1S/C19H18N4O2S/c1-20-17(24)14-9-7-13(8-10-14)11-21-18(25)16-12-22-19(26)23(16)15-5-3-2-4-6-15/h2-10,12H,11H2,1H3,(H,20,24)(H,21,25)(H,22,26). The lowest BCUT2D eigenvalue weighted by molar-refractivity contribution is 0.0940. The molecular weight excluding hydrogens is 348 g/mol. The zero-order valence-corrected chi connectivity index (χ0v) is 15.0. The van der Waals surface area contributed by atoms with Crippen molar-refractivity contribution in [3.63, 3.8) is 0 Å². The highest BCUT2D eigenvalue weighted by molar-refractivity contribution is 7.71. The minimum atomic E-state index is -0.239. The number of benzene rings is 2. The van der Waals surface area contributed by atoms with Gasteiger partial charge < -0.3 is 15.6 Å². The molecule has 3 N–H and O–H groups in total. The second-order valence-corrected chi connectivity index (χ2v) is 6.00. The van der Waals surface area contributed by atoms with Gasteiger partial charge in [0.25, 0.3) is 11.8 Å². The fourth-order valence-corrected chi connectivity index (χ4v) is 2.82. The smallest absolute Gasteiger partial charge is 0.270 e. The third-order valence-corrected chi connectivity index (χ3v) is 4.22. The number of aromatic nitrogens is 2. The summed E-state index contributed by atoms with van der Waals surface area (Å²) < 4.78 is 2.15. The highest BCUT2D eigenvalue weighted by atomic mass is 32.1. The Hall–Kier alpha value is -3.19. The predicted octanol–water partition coefficient (Wildman–Crippen LogP) is 2.82. The van der Waals surface area contributed by atoms with Gasteiger partial charge in [0.05, 0.1) is 0 Å². The molecule has 3 rings (SSSR count). The highest BCUT2D eigenvalue weighted by Gasteiger charge is 2.14. The van der Waals surface area contributed by atoms with Gasteiger partial charge in [-0.1, -0.05) is 30.3 Å². The van der Waals surface area contributed by atoms with Crippen LogP contribution in [0.2, 0.25) is 0 Å². The average Bonchev–Trinajstić information content (AvgIpc) is 3.08. The van der Waals surface area contributed by atoms with Crippen LogP contribution in [0.15, 0.2) is 60.8 Å². The first kappa shape index (κ1) is 17.6. The number of H-pyrrole nitrogens is 1. The van der Waals surface area contributed by atoms with Crippen molar-refractivity contribution in [1.29, 1.82) is 0 Å². The quantitative estimate of drug-likeness (QED) is 0.608. The normalized spacial score (nSPS) is 10.3. The van der Waals surface area contributed by atoms with E-state index in [0.717, 1.165) is 11.3 Å². The van der Waals surface area contributed by atoms with Crippen LogP contribution in [0.5, 0.6) is 0 Å². The Bertz CT molecular complexity index is 975. The summed E-state index contributed by atoms with van der Waals surface area (Å²) in [4.78, 5) is 27.1. The van der Waals surface area contributed by atoms with Gasteiger partial charge in [-0.25, -0.2) is 0 Å². The molecule has 2 amide bonds. The molecule has 6 nitrogen and oxygen atoms in total. The lowest BCUT2D eigenvalue weighted by Crippen LogP contribution is -2.25.